The Morgan fingerprint density at radius 3 is 0.742 bits per heavy atom. The number of piperidine rings is 3. The third-order valence-corrected chi connectivity index (χ3v) is 20.5. The van der Waals surface area contributed by atoms with Crippen molar-refractivity contribution in [2.45, 2.75) is 352 Å². The summed E-state index contributed by atoms with van der Waals surface area (Å²) in [6.07, 6.45) is 26.0. The molecule has 0 aromatic rings. The molecular weight excluding hydrogens is 1390 g/mol. The van der Waals surface area contributed by atoms with E-state index in [9.17, 15) is 0 Å². The van der Waals surface area contributed by atoms with Crippen LogP contribution in [0.3, 0.4) is 0 Å². The molecule has 5 saturated heterocycles. The molecule has 1 spiro atoms. The van der Waals surface area contributed by atoms with Gasteiger partial charge in [0, 0.05) is 174 Å². The summed E-state index contributed by atoms with van der Waals surface area (Å²) in [6.45, 7) is 104. The minimum Gasteiger partial charge on any atom is -0.343 e. The Balaban J connectivity index is -0.000000103. The number of hydrogen-bond donors (Lipinski definition) is 0. The van der Waals surface area contributed by atoms with Gasteiger partial charge in [0.1, 0.15) is 0 Å². The van der Waals surface area contributed by atoms with Crippen molar-refractivity contribution in [3.63, 3.8) is 0 Å². The molecule has 0 amide bonds. The molecule has 4 saturated carbocycles. The zero-order valence-corrected chi connectivity index (χ0v) is 78.5. The van der Waals surface area contributed by atoms with E-state index >= 15 is 0 Å². The van der Waals surface area contributed by atoms with Crippen LogP contribution >= 0.6 is 0 Å². The van der Waals surface area contributed by atoms with Gasteiger partial charge >= 0.3 is 0 Å². The monoisotopic (exact) mass is 1560 g/mol. The summed E-state index contributed by atoms with van der Waals surface area (Å²) in [5, 5.41) is 0. The number of hydrogen-bond acceptors (Lipinski definition) is 5. The van der Waals surface area contributed by atoms with Gasteiger partial charge in [-0.1, -0.05) is 153 Å². The Morgan fingerprint density at radius 1 is 0.270 bits per heavy atom. The molecule has 9 fully saturated rings. The smallest absolute Gasteiger partial charge is 0.00390 e. The van der Waals surface area contributed by atoms with Gasteiger partial charge in [-0.2, -0.15) is 51.4 Å². The maximum atomic E-state index is 4.08. The summed E-state index contributed by atoms with van der Waals surface area (Å²) in [7, 11) is 0. The van der Waals surface area contributed by atoms with Crippen LogP contribution in [0.25, 0.3) is 0 Å². The van der Waals surface area contributed by atoms with Crippen LogP contribution in [-0.4, -0.2) is 120 Å². The second kappa shape index (κ2) is 68.0. The van der Waals surface area contributed by atoms with E-state index in [1.165, 1.54) is 110 Å². The second-order valence-corrected chi connectivity index (χ2v) is 25.8. The second-order valence-electron chi connectivity index (χ2n) is 25.8. The van der Waals surface area contributed by atoms with Crippen LogP contribution in [0.5, 0.6) is 0 Å². The fourth-order valence-corrected chi connectivity index (χ4v) is 14.3. The fraction of sp³-hybridized carbons (Fsp3) is 0.900. The molecule has 4 bridgehead atoms. The first-order chi connectivity index (χ1) is 40.7. The maximum Gasteiger partial charge on any atom is 0.00390 e. The summed E-state index contributed by atoms with van der Waals surface area (Å²) in [6, 6.07) is 3.52. The van der Waals surface area contributed by atoms with Crippen LogP contribution in [0.15, 0.2) is 0 Å². The zero-order chi connectivity index (χ0) is 67.8. The van der Waals surface area contributed by atoms with E-state index in [0.717, 1.165) is 86.5 Å². The molecule has 5 nitrogen and oxygen atoms in total. The van der Waals surface area contributed by atoms with Gasteiger partial charge in [0.2, 0.25) is 0 Å². The molecule has 5 aliphatic heterocycles. The largest absolute Gasteiger partial charge is 0.343 e. The Labute approximate surface area is 671 Å². The summed E-state index contributed by atoms with van der Waals surface area (Å²) in [5.74, 6) is 4.54. The molecule has 0 atom stereocenters. The van der Waals surface area contributed by atoms with Crippen molar-refractivity contribution in [2.75, 3.05) is 65.4 Å². The Morgan fingerprint density at radius 2 is 0.494 bits per heavy atom. The minimum absolute atomic E-state index is 0. The molecule has 0 N–H and O–H groups in total. The molecule has 4 radical (unpaired) electrons. The predicted molar refractivity (Wildman–Crippen MR) is 397 cm³/mol. The van der Waals surface area contributed by atoms with Gasteiger partial charge in [-0.25, -0.2) is 0 Å². The van der Waals surface area contributed by atoms with Gasteiger partial charge in [-0.3, -0.25) is 0 Å². The fourth-order valence-electron chi connectivity index (χ4n) is 14.3. The first kappa shape index (κ1) is 114. The molecular formula is C80H169N5Y4-8. The molecule has 534 valence electrons. The van der Waals surface area contributed by atoms with Gasteiger partial charge in [0.05, 0.1) is 0 Å². The summed E-state index contributed by atoms with van der Waals surface area (Å²) in [5.41, 5.74) is 2.58. The quantitative estimate of drug-likeness (QED) is 0.170. The van der Waals surface area contributed by atoms with Crippen molar-refractivity contribution >= 4 is 0 Å². The minimum atomic E-state index is 0. The average Bonchev–Trinajstić information content (AvgIpc) is 3.88. The van der Waals surface area contributed by atoms with Crippen molar-refractivity contribution < 1.29 is 131 Å². The summed E-state index contributed by atoms with van der Waals surface area (Å²) < 4.78 is 0. The Hall–Kier alpha value is 4.22. The molecule has 9 aliphatic rings. The third kappa shape index (κ3) is 39.9. The zero-order valence-electron chi connectivity index (χ0n) is 67.1. The third-order valence-electron chi connectivity index (χ3n) is 20.5. The molecule has 9 rings (SSSR count). The van der Waals surface area contributed by atoms with Crippen molar-refractivity contribution in [3.8, 4) is 0 Å². The van der Waals surface area contributed by atoms with Crippen LogP contribution < -0.4 is 0 Å². The maximum absolute atomic E-state index is 4.08. The van der Waals surface area contributed by atoms with Gasteiger partial charge in [0.15, 0.2) is 0 Å². The van der Waals surface area contributed by atoms with E-state index < -0.39 is 0 Å². The van der Waals surface area contributed by atoms with Gasteiger partial charge in [0.25, 0.3) is 0 Å². The number of rotatable bonds is 13. The van der Waals surface area contributed by atoms with E-state index in [1.54, 1.807) is 32.1 Å². The number of nitrogens with zero attached hydrogens (tertiary/aromatic N) is 5. The average molecular weight is 1560 g/mol. The van der Waals surface area contributed by atoms with E-state index in [4.69, 9.17) is 0 Å². The van der Waals surface area contributed by atoms with E-state index in [2.05, 4.69) is 149 Å². The van der Waals surface area contributed by atoms with Gasteiger partial charge in [-0.05, 0) is 221 Å². The first-order valence-electron chi connectivity index (χ1n) is 37.8. The predicted octanol–water partition coefficient (Wildman–Crippen LogP) is 23.7. The summed E-state index contributed by atoms with van der Waals surface area (Å²) in [4.78, 5) is 12.9. The molecule has 0 unspecified atom stereocenters. The molecule has 0 aromatic heterocycles. The molecule has 4 aliphatic carbocycles. The molecule has 5 heterocycles. The van der Waals surface area contributed by atoms with Crippen molar-refractivity contribution in [1.29, 1.82) is 0 Å². The van der Waals surface area contributed by atoms with Crippen molar-refractivity contribution in [2.24, 2.45) is 50.7 Å². The Bertz CT molecular complexity index is 1320. The van der Waals surface area contributed by atoms with Gasteiger partial charge < -0.3 is 79.9 Å². The number of likely N-dealkylation sites (tertiary alicyclic amines) is 5. The Kier molecular flexibility index (Phi) is 87.5. The topological polar surface area (TPSA) is 16.2 Å². The van der Waals surface area contributed by atoms with Crippen molar-refractivity contribution in [1.82, 2.24) is 24.5 Å². The van der Waals surface area contributed by atoms with Crippen LogP contribution in [0, 0.1) is 106 Å². The molecule has 0 aromatic carbocycles. The van der Waals surface area contributed by atoms with E-state index in [0.29, 0.717) is 45.8 Å². The molecule has 9 heteroatoms. The van der Waals surface area contributed by atoms with Crippen LogP contribution in [-0.2, 0) is 131 Å². The van der Waals surface area contributed by atoms with Crippen LogP contribution in [0.2, 0.25) is 0 Å². The van der Waals surface area contributed by atoms with Crippen LogP contribution in [0.4, 0.5) is 0 Å². The van der Waals surface area contributed by atoms with Crippen LogP contribution in [0.1, 0.15) is 322 Å². The van der Waals surface area contributed by atoms with Crippen molar-refractivity contribution in [3.05, 3.63) is 55.4 Å². The van der Waals surface area contributed by atoms with Gasteiger partial charge in [-0.15, -0.1) is 0 Å². The molecule has 89 heavy (non-hydrogen) atoms. The SMILES string of the molecule is CC.CC.CC.CC.CC.CC.CC.CC.CC.CC(C)N1CCC2(CC1)C1CC3CC(C1)CC2C3.[CH2-]CC1(C[CH2-])CCCN(C(C)C)C1.[CH2-]CC1(C[CH2-])CCN(C(C)C)C1.[CH2-]CC1(C[CH2-])CCN(C(C)C)CC1.[CH2-]CC1(C[CH2-])CN(C(C)C)C1.[Y].[Y].[Y].[Y]. The van der Waals surface area contributed by atoms with E-state index in [1.807, 2.05) is 125 Å². The standard InChI is InChI=1S/C17H29N.2C12H23N.C11H21N.C10H19N.9C2H6.4Y/c1-12(2)18-5-3-17(4-6-18)15-8-13-7-14(10-15)11-16(17)9-13;1-5-12(6-2)7-9-13(10-8-12)11(3)4;1-5-12(6-2)8-7-9-13(10-12)11(3)4;1-5-11(6-2)7-8-12(9-11)10(3)4;1-5-10(6-2)7-11(8-10)9(3)4;9*1-2;;;;/h12-16H,3-11H2,1-2H3;2*11H,1-2,5-10H2,3-4H3;10H,1-2,5-9H2,3-4H3;9H,1-2,5-8H2,3-4H3;9*1-2H3;;;;/q;4*-2;;;;;;;;;;;;;. The summed E-state index contributed by atoms with van der Waals surface area (Å²) >= 11 is 0. The van der Waals surface area contributed by atoms with E-state index in [-0.39, 0.29) is 131 Å². The first-order valence-corrected chi connectivity index (χ1v) is 37.8. The normalized spacial score (nSPS) is 23.0.